The molecule has 0 amide bonds. The largest absolute Gasteiger partial charge is 0.352 e. The fraction of sp³-hybridized carbons (Fsp3) is 0.286. The quantitative estimate of drug-likeness (QED) is 0.624. The van der Waals surface area contributed by atoms with Gasteiger partial charge in [0, 0.05) is 30.8 Å². The number of rotatable bonds is 5. The Bertz CT molecular complexity index is 954. The zero-order valence-electron chi connectivity index (χ0n) is 15.8. The molecular weight excluding hydrogens is 390 g/mol. The van der Waals surface area contributed by atoms with Crippen LogP contribution in [0, 0.1) is 5.92 Å². The van der Waals surface area contributed by atoms with Crippen LogP contribution in [-0.2, 0) is 0 Å². The molecule has 1 aliphatic heterocycles. The van der Waals surface area contributed by atoms with Crippen molar-refractivity contribution in [1.82, 2.24) is 24.8 Å². The molecule has 5 nitrogen and oxygen atoms in total. The van der Waals surface area contributed by atoms with E-state index >= 15 is 0 Å². The van der Waals surface area contributed by atoms with Crippen molar-refractivity contribution in [2.24, 2.45) is 5.92 Å². The van der Waals surface area contributed by atoms with Crippen LogP contribution in [-0.4, -0.2) is 31.1 Å². The molecular formula is C21H22ClN5S. The smallest absolute Gasteiger partial charge is 0.170 e. The first kappa shape index (κ1) is 18.9. The van der Waals surface area contributed by atoms with Crippen LogP contribution in [0.2, 0.25) is 5.02 Å². The fourth-order valence-corrected chi connectivity index (χ4v) is 4.10. The van der Waals surface area contributed by atoms with Crippen molar-refractivity contribution in [2.75, 3.05) is 6.54 Å². The minimum Gasteiger partial charge on any atom is -0.352 e. The van der Waals surface area contributed by atoms with Gasteiger partial charge in [0.1, 0.15) is 5.82 Å². The minimum absolute atomic E-state index is 0.0114. The van der Waals surface area contributed by atoms with E-state index in [1.165, 1.54) is 0 Å². The van der Waals surface area contributed by atoms with Gasteiger partial charge in [-0.3, -0.25) is 4.98 Å². The van der Waals surface area contributed by atoms with E-state index in [0.717, 1.165) is 28.9 Å². The summed E-state index contributed by atoms with van der Waals surface area (Å²) in [5, 5.41) is 4.87. The standard InChI is InChI=1S/C21H22ClN5S/c1-14(2)13-27-20(19(25-21(27)28)16-6-3-4-10-23-16)17-7-5-11-26(17)18-9-8-15(22)12-24-18/h3-12,14,19-20H,13H2,1-2H3,(H,25,28). The van der Waals surface area contributed by atoms with Gasteiger partial charge in [-0.05, 0) is 54.5 Å². The number of thiocarbonyl (C=S) groups is 1. The zero-order chi connectivity index (χ0) is 19.7. The van der Waals surface area contributed by atoms with Gasteiger partial charge in [0.25, 0.3) is 0 Å². The van der Waals surface area contributed by atoms with Gasteiger partial charge >= 0.3 is 0 Å². The first-order valence-corrected chi connectivity index (χ1v) is 10.1. The molecule has 28 heavy (non-hydrogen) atoms. The number of halogens is 1. The average Bonchev–Trinajstić information content (AvgIpc) is 3.28. The molecule has 3 aromatic heterocycles. The van der Waals surface area contributed by atoms with E-state index in [1.807, 2.05) is 48.8 Å². The van der Waals surface area contributed by atoms with Gasteiger partial charge in [0.15, 0.2) is 5.11 Å². The number of aromatic nitrogens is 3. The number of nitrogens with one attached hydrogen (secondary N) is 1. The molecule has 0 aromatic carbocycles. The van der Waals surface area contributed by atoms with Crippen molar-refractivity contribution >= 4 is 28.9 Å². The Kier molecular flexibility index (Phi) is 5.33. The Labute approximate surface area is 175 Å². The van der Waals surface area contributed by atoms with Crippen LogP contribution < -0.4 is 5.32 Å². The molecule has 0 saturated carbocycles. The lowest BCUT2D eigenvalue weighted by atomic mass is 10.0. The summed E-state index contributed by atoms with van der Waals surface area (Å²) in [5.74, 6) is 1.30. The monoisotopic (exact) mass is 411 g/mol. The molecule has 0 spiro atoms. The molecule has 1 aliphatic rings. The Morgan fingerprint density at radius 2 is 2.00 bits per heavy atom. The van der Waals surface area contributed by atoms with Gasteiger partial charge < -0.3 is 14.8 Å². The van der Waals surface area contributed by atoms with Crippen molar-refractivity contribution in [3.05, 3.63) is 77.5 Å². The molecule has 144 valence electrons. The summed E-state index contributed by atoms with van der Waals surface area (Å²) in [7, 11) is 0. The Morgan fingerprint density at radius 1 is 1.14 bits per heavy atom. The van der Waals surface area contributed by atoms with Gasteiger partial charge in [0.05, 0.1) is 22.8 Å². The molecule has 0 bridgehead atoms. The Morgan fingerprint density at radius 3 is 2.68 bits per heavy atom. The topological polar surface area (TPSA) is 46.0 Å². The predicted octanol–water partition coefficient (Wildman–Crippen LogP) is 4.55. The highest BCUT2D eigenvalue weighted by atomic mass is 35.5. The van der Waals surface area contributed by atoms with Crippen LogP contribution in [0.1, 0.15) is 37.3 Å². The maximum atomic E-state index is 6.03. The lowest BCUT2D eigenvalue weighted by Crippen LogP contribution is -2.33. The Hall–Kier alpha value is -2.44. The average molecular weight is 412 g/mol. The summed E-state index contributed by atoms with van der Waals surface area (Å²) >= 11 is 11.7. The van der Waals surface area contributed by atoms with E-state index in [9.17, 15) is 0 Å². The lowest BCUT2D eigenvalue weighted by molar-refractivity contribution is 0.280. The molecule has 2 atom stereocenters. The first-order chi connectivity index (χ1) is 13.5. The molecule has 4 heterocycles. The molecule has 4 rings (SSSR count). The van der Waals surface area contributed by atoms with E-state index in [0.29, 0.717) is 10.9 Å². The molecule has 1 fully saturated rings. The van der Waals surface area contributed by atoms with E-state index < -0.39 is 0 Å². The maximum absolute atomic E-state index is 6.03. The third-order valence-corrected chi connectivity index (χ3v) is 5.38. The number of hydrogen-bond acceptors (Lipinski definition) is 3. The highest BCUT2D eigenvalue weighted by Crippen LogP contribution is 2.39. The van der Waals surface area contributed by atoms with Gasteiger partial charge in [-0.15, -0.1) is 0 Å². The maximum Gasteiger partial charge on any atom is 0.170 e. The van der Waals surface area contributed by atoms with Crippen molar-refractivity contribution in [1.29, 1.82) is 0 Å². The zero-order valence-corrected chi connectivity index (χ0v) is 17.4. The second-order valence-corrected chi connectivity index (χ2v) is 8.13. The van der Waals surface area contributed by atoms with Crippen molar-refractivity contribution in [3.8, 4) is 5.82 Å². The predicted molar refractivity (Wildman–Crippen MR) is 116 cm³/mol. The molecule has 2 unspecified atom stereocenters. The van der Waals surface area contributed by atoms with Crippen molar-refractivity contribution in [2.45, 2.75) is 25.9 Å². The van der Waals surface area contributed by atoms with Crippen LogP contribution in [0.5, 0.6) is 0 Å². The second kappa shape index (κ2) is 7.89. The van der Waals surface area contributed by atoms with Gasteiger partial charge in [-0.25, -0.2) is 4.98 Å². The SMILES string of the molecule is CC(C)CN1C(=S)NC(c2ccccn2)C1c1cccn1-c1ccc(Cl)cn1. The molecule has 0 aliphatic carbocycles. The van der Waals surface area contributed by atoms with E-state index in [4.69, 9.17) is 23.8 Å². The van der Waals surface area contributed by atoms with Gasteiger partial charge in [0.2, 0.25) is 0 Å². The number of pyridine rings is 2. The highest BCUT2D eigenvalue weighted by Gasteiger charge is 2.41. The third-order valence-electron chi connectivity index (χ3n) is 4.80. The minimum atomic E-state index is -0.0339. The first-order valence-electron chi connectivity index (χ1n) is 9.32. The van der Waals surface area contributed by atoms with E-state index in [1.54, 1.807) is 6.20 Å². The van der Waals surface area contributed by atoms with E-state index in [-0.39, 0.29) is 12.1 Å². The second-order valence-electron chi connectivity index (χ2n) is 7.31. The molecule has 0 radical (unpaired) electrons. The van der Waals surface area contributed by atoms with Crippen LogP contribution in [0.4, 0.5) is 0 Å². The van der Waals surface area contributed by atoms with Crippen LogP contribution in [0.3, 0.4) is 0 Å². The Balaban J connectivity index is 1.80. The van der Waals surface area contributed by atoms with Crippen LogP contribution in [0.25, 0.3) is 5.82 Å². The number of nitrogens with zero attached hydrogens (tertiary/aromatic N) is 4. The summed E-state index contributed by atoms with van der Waals surface area (Å²) in [5.41, 5.74) is 2.08. The molecule has 1 N–H and O–H groups in total. The molecule has 3 aromatic rings. The third kappa shape index (κ3) is 3.62. The summed E-state index contributed by atoms with van der Waals surface area (Å²) in [6.45, 7) is 5.26. The van der Waals surface area contributed by atoms with Gasteiger partial charge in [-0.2, -0.15) is 0 Å². The summed E-state index contributed by atoms with van der Waals surface area (Å²) < 4.78 is 2.10. The molecule has 1 saturated heterocycles. The van der Waals surface area contributed by atoms with Crippen molar-refractivity contribution in [3.63, 3.8) is 0 Å². The van der Waals surface area contributed by atoms with E-state index in [2.05, 4.69) is 44.7 Å². The fourth-order valence-electron chi connectivity index (χ4n) is 3.67. The van der Waals surface area contributed by atoms with Crippen LogP contribution in [0.15, 0.2) is 61.1 Å². The van der Waals surface area contributed by atoms with Gasteiger partial charge in [-0.1, -0.05) is 31.5 Å². The highest BCUT2D eigenvalue weighted by molar-refractivity contribution is 7.80. The van der Waals surface area contributed by atoms with Crippen molar-refractivity contribution < 1.29 is 0 Å². The summed E-state index contributed by atoms with van der Waals surface area (Å²) in [6, 6.07) is 13.9. The summed E-state index contributed by atoms with van der Waals surface area (Å²) in [6.07, 6.45) is 5.51. The van der Waals surface area contributed by atoms with Crippen LogP contribution >= 0.6 is 23.8 Å². The molecule has 7 heteroatoms. The summed E-state index contributed by atoms with van der Waals surface area (Å²) in [4.78, 5) is 11.4. The lowest BCUT2D eigenvalue weighted by Gasteiger charge is -2.30. The normalized spacial score (nSPS) is 19.3. The number of hydrogen-bond donors (Lipinski definition) is 1.